The zero-order valence-electron chi connectivity index (χ0n) is 11.9. The molecule has 0 unspecified atom stereocenters. The van der Waals surface area contributed by atoms with E-state index in [1.807, 2.05) is 4.90 Å². The SMILES string of the molecule is CCN1CCN(c2ccc(C(F)(F)F)cc2C(=N)N)CC1. The summed E-state index contributed by atoms with van der Waals surface area (Å²) in [5, 5.41) is 7.55. The molecule has 21 heavy (non-hydrogen) atoms. The Morgan fingerprint density at radius 2 is 1.86 bits per heavy atom. The lowest BCUT2D eigenvalue weighted by atomic mass is 10.1. The van der Waals surface area contributed by atoms with Gasteiger partial charge in [-0.1, -0.05) is 6.92 Å². The lowest BCUT2D eigenvalue weighted by molar-refractivity contribution is -0.137. The van der Waals surface area contributed by atoms with Crippen molar-refractivity contribution in [1.82, 2.24) is 4.90 Å². The summed E-state index contributed by atoms with van der Waals surface area (Å²) in [4.78, 5) is 4.26. The highest BCUT2D eigenvalue weighted by molar-refractivity contribution is 6.00. The van der Waals surface area contributed by atoms with E-state index in [0.29, 0.717) is 5.69 Å². The molecular formula is C14H19F3N4. The van der Waals surface area contributed by atoms with E-state index in [9.17, 15) is 13.2 Å². The van der Waals surface area contributed by atoms with E-state index in [0.717, 1.165) is 44.9 Å². The van der Waals surface area contributed by atoms with Gasteiger partial charge in [-0.25, -0.2) is 0 Å². The lowest BCUT2D eigenvalue weighted by Gasteiger charge is -2.36. The number of nitrogens with one attached hydrogen (secondary N) is 1. The average Bonchev–Trinajstić information content (AvgIpc) is 2.45. The third-order valence-corrected chi connectivity index (χ3v) is 3.77. The Morgan fingerprint density at radius 1 is 1.24 bits per heavy atom. The van der Waals surface area contributed by atoms with Crippen molar-refractivity contribution in [3.05, 3.63) is 29.3 Å². The van der Waals surface area contributed by atoms with Gasteiger partial charge in [0, 0.05) is 37.4 Å². The number of anilines is 1. The van der Waals surface area contributed by atoms with Gasteiger partial charge in [0.05, 0.1) is 5.56 Å². The molecule has 0 radical (unpaired) electrons. The Morgan fingerprint density at radius 3 is 2.33 bits per heavy atom. The second-order valence-electron chi connectivity index (χ2n) is 5.06. The van der Waals surface area contributed by atoms with Gasteiger partial charge in [0.2, 0.25) is 0 Å². The summed E-state index contributed by atoms with van der Waals surface area (Å²) in [6.07, 6.45) is -4.43. The lowest BCUT2D eigenvalue weighted by Crippen LogP contribution is -2.46. The molecule has 3 N–H and O–H groups in total. The number of nitrogens with zero attached hydrogens (tertiary/aromatic N) is 2. The molecule has 1 saturated heterocycles. The predicted molar refractivity (Wildman–Crippen MR) is 76.8 cm³/mol. The molecule has 1 heterocycles. The van der Waals surface area contributed by atoms with Gasteiger partial charge in [-0.3, -0.25) is 5.41 Å². The summed E-state index contributed by atoms with van der Waals surface area (Å²) in [5.74, 6) is -0.339. The zero-order valence-corrected chi connectivity index (χ0v) is 11.9. The van der Waals surface area contributed by atoms with Crippen LogP contribution in [0.5, 0.6) is 0 Å². The monoisotopic (exact) mass is 300 g/mol. The highest BCUT2D eigenvalue weighted by Gasteiger charge is 2.32. The molecule has 0 aliphatic carbocycles. The first-order valence-corrected chi connectivity index (χ1v) is 6.86. The Hall–Kier alpha value is -1.76. The van der Waals surface area contributed by atoms with Crippen LogP contribution in [0, 0.1) is 5.41 Å². The van der Waals surface area contributed by atoms with Crippen LogP contribution in [0.25, 0.3) is 0 Å². The molecule has 1 aliphatic heterocycles. The Labute approximate surface area is 121 Å². The molecule has 1 aliphatic rings. The van der Waals surface area contributed by atoms with Crippen molar-refractivity contribution >= 4 is 11.5 Å². The van der Waals surface area contributed by atoms with Crippen LogP contribution in [0.15, 0.2) is 18.2 Å². The molecule has 0 bridgehead atoms. The number of benzene rings is 1. The van der Waals surface area contributed by atoms with Gasteiger partial charge in [-0.2, -0.15) is 13.2 Å². The van der Waals surface area contributed by atoms with E-state index in [2.05, 4.69) is 11.8 Å². The molecule has 4 nitrogen and oxygen atoms in total. The van der Waals surface area contributed by atoms with Crippen LogP contribution in [0.4, 0.5) is 18.9 Å². The predicted octanol–water partition coefficient (Wildman–Crippen LogP) is 2.13. The van der Waals surface area contributed by atoms with Crippen LogP contribution in [0.3, 0.4) is 0 Å². The van der Waals surface area contributed by atoms with Crippen LogP contribution in [0.1, 0.15) is 18.1 Å². The van der Waals surface area contributed by atoms with Crippen LogP contribution in [0.2, 0.25) is 0 Å². The molecule has 1 fully saturated rings. The van der Waals surface area contributed by atoms with Gasteiger partial charge >= 0.3 is 6.18 Å². The first kappa shape index (κ1) is 15.6. The fraction of sp³-hybridized carbons (Fsp3) is 0.500. The van der Waals surface area contributed by atoms with Gasteiger partial charge in [-0.15, -0.1) is 0 Å². The molecule has 0 amide bonds. The number of amidine groups is 1. The Bertz CT molecular complexity index is 519. The molecule has 1 aromatic rings. The molecular weight excluding hydrogens is 281 g/mol. The number of hydrogen-bond donors (Lipinski definition) is 2. The quantitative estimate of drug-likeness (QED) is 0.664. The summed E-state index contributed by atoms with van der Waals surface area (Å²) in [7, 11) is 0. The molecule has 7 heteroatoms. The smallest absolute Gasteiger partial charge is 0.384 e. The van der Waals surface area contributed by atoms with E-state index in [1.165, 1.54) is 6.07 Å². The minimum Gasteiger partial charge on any atom is -0.384 e. The van der Waals surface area contributed by atoms with E-state index in [-0.39, 0.29) is 11.4 Å². The Kier molecular flexibility index (Phi) is 4.41. The topological polar surface area (TPSA) is 56.4 Å². The van der Waals surface area contributed by atoms with Gasteiger partial charge in [0.1, 0.15) is 5.84 Å². The highest BCUT2D eigenvalue weighted by atomic mass is 19.4. The van der Waals surface area contributed by atoms with E-state index < -0.39 is 11.7 Å². The maximum atomic E-state index is 12.8. The second kappa shape index (κ2) is 5.93. The van der Waals surface area contributed by atoms with Crippen LogP contribution in [-0.4, -0.2) is 43.5 Å². The maximum Gasteiger partial charge on any atom is 0.416 e. The number of likely N-dealkylation sites (N-methyl/N-ethyl adjacent to an activating group) is 1. The second-order valence-corrected chi connectivity index (χ2v) is 5.06. The maximum absolute atomic E-state index is 12.8. The fourth-order valence-electron chi connectivity index (χ4n) is 2.51. The van der Waals surface area contributed by atoms with Crippen molar-refractivity contribution in [3.63, 3.8) is 0 Å². The first-order chi connectivity index (χ1) is 9.82. The van der Waals surface area contributed by atoms with E-state index in [4.69, 9.17) is 11.1 Å². The third-order valence-electron chi connectivity index (χ3n) is 3.77. The molecule has 1 aromatic carbocycles. The minimum absolute atomic E-state index is 0.148. The Balaban J connectivity index is 2.29. The number of hydrogen-bond acceptors (Lipinski definition) is 3. The summed E-state index contributed by atoms with van der Waals surface area (Å²) < 4.78 is 38.3. The largest absolute Gasteiger partial charge is 0.416 e. The van der Waals surface area contributed by atoms with Crippen molar-refractivity contribution in [3.8, 4) is 0 Å². The molecule has 0 atom stereocenters. The minimum atomic E-state index is -4.43. The first-order valence-electron chi connectivity index (χ1n) is 6.86. The third kappa shape index (κ3) is 3.47. The average molecular weight is 300 g/mol. The summed E-state index contributed by atoms with van der Waals surface area (Å²) in [6.45, 7) is 6.19. The molecule has 116 valence electrons. The normalized spacial score (nSPS) is 17.0. The van der Waals surface area contributed by atoms with Crippen molar-refractivity contribution in [2.24, 2.45) is 5.73 Å². The van der Waals surface area contributed by atoms with Crippen molar-refractivity contribution < 1.29 is 13.2 Å². The van der Waals surface area contributed by atoms with E-state index in [1.54, 1.807) is 0 Å². The molecule has 2 rings (SSSR count). The van der Waals surface area contributed by atoms with Gasteiger partial charge in [-0.05, 0) is 24.7 Å². The molecule has 0 aromatic heterocycles. The summed E-state index contributed by atoms with van der Waals surface area (Å²) in [5.41, 5.74) is 5.44. The molecule has 0 spiro atoms. The standard InChI is InChI=1S/C14H19F3N4/c1-2-20-5-7-21(8-6-20)12-4-3-10(14(15,16)17)9-11(12)13(18)19/h3-4,9H,2,5-8H2,1H3,(H3,18,19). The number of piperazine rings is 1. The van der Waals surface area contributed by atoms with Gasteiger partial charge in [0.15, 0.2) is 0 Å². The van der Waals surface area contributed by atoms with Crippen LogP contribution < -0.4 is 10.6 Å². The zero-order chi connectivity index (χ0) is 15.6. The fourth-order valence-corrected chi connectivity index (χ4v) is 2.51. The number of halogens is 3. The van der Waals surface area contributed by atoms with Crippen molar-refractivity contribution in [2.75, 3.05) is 37.6 Å². The van der Waals surface area contributed by atoms with Gasteiger partial charge in [0.25, 0.3) is 0 Å². The van der Waals surface area contributed by atoms with Gasteiger partial charge < -0.3 is 15.5 Å². The number of nitrogens with two attached hydrogens (primary N) is 1. The molecule has 0 saturated carbocycles. The number of nitrogen functional groups attached to an aromatic ring is 1. The van der Waals surface area contributed by atoms with Crippen molar-refractivity contribution in [1.29, 1.82) is 5.41 Å². The summed E-state index contributed by atoms with van der Waals surface area (Å²) in [6, 6.07) is 3.43. The van der Waals surface area contributed by atoms with Crippen LogP contribution >= 0.6 is 0 Å². The van der Waals surface area contributed by atoms with E-state index >= 15 is 0 Å². The highest BCUT2D eigenvalue weighted by Crippen LogP contribution is 2.33. The van der Waals surface area contributed by atoms with Crippen LogP contribution in [-0.2, 0) is 6.18 Å². The summed E-state index contributed by atoms with van der Waals surface area (Å²) >= 11 is 0. The van der Waals surface area contributed by atoms with Crippen molar-refractivity contribution in [2.45, 2.75) is 13.1 Å². The number of rotatable bonds is 3. The number of alkyl halides is 3.